The first-order valence-electron chi connectivity index (χ1n) is 8.77. The molecule has 2 heterocycles. The van der Waals surface area contributed by atoms with Crippen LogP contribution in [-0.4, -0.2) is 53.2 Å². The van der Waals surface area contributed by atoms with Gasteiger partial charge in [0.1, 0.15) is 5.82 Å². The molecular weight excluding hydrogens is 320 g/mol. The second kappa shape index (κ2) is 8.18. The number of aryl methyl sites for hydroxylation is 1. The lowest BCUT2D eigenvalue weighted by atomic mass is 10.0. The molecule has 7 nitrogen and oxygen atoms in total. The van der Waals surface area contributed by atoms with E-state index in [1.54, 1.807) is 20.2 Å². The van der Waals surface area contributed by atoms with Gasteiger partial charge >= 0.3 is 12.0 Å². The molecule has 1 aliphatic rings. The van der Waals surface area contributed by atoms with Crippen LogP contribution in [0.1, 0.15) is 38.7 Å². The van der Waals surface area contributed by atoms with Gasteiger partial charge in [-0.2, -0.15) is 0 Å². The Morgan fingerprint density at radius 1 is 1.48 bits per heavy atom. The van der Waals surface area contributed by atoms with E-state index in [1.165, 1.54) is 24.2 Å². The van der Waals surface area contributed by atoms with Crippen molar-refractivity contribution < 1.29 is 14.7 Å². The first-order chi connectivity index (χ1) is 11.8. The molecule has 2 N–H and O–H groups in total. The average molecular weight is 348 g/mol. The average Bonchev–Trinajstić information content (AvgIpc) is 2.55. The maximum absolute atomic E-state index is 12.2. The molecule has 2 amide bonds. The molecule has 1 aromatic rings. The number of nitrogens with zero attached hydrogens (tertiary/aromatic N) is 3. The number of carbonyl (C=O) groups is 2. The van der Waals surface area contributed by atoms with Crippen LogP contribution in [0.3, 0.4) is 0 Å². The Morgan fingerprint density at radius 2 is 2.20 bits per heavy atom. The monoisotopic (exact) mass is 348 g/mol. The van der Waals surface area contributed by atoms with Gasteiger partial charge in [-0.05, 0) is 44.7 Å². The van der Waals surface area contributed by atoms with Crippen molar-refractivity contribution in [3.05, 3.63) is 17.8 Å². The van der Waals surface area contributed by atoms with Gasteiger partial charge in [-0.25, -0.2) is 9.78 Å². The first kappa shape index (κ1) is 19.0. The van der Waals surface area contributed by atoms with Gasteiger partial charge in [0, 0.05) is 26.2 Å². The van der Waals surface area contributed by atoms with Crippen LogP contribution in [-0.2, 0) is 4.79 Å². The SMILES string of the molecule is Cc1cc(NC(=O)N(C)CC(C)C(=O)O)cnc1N1CCCCC1C. The van der Waals surface area contributed by atoms with Crippen molar-refractivity contribution in [3.63, 3.8) is 0 Å². The van der Waals surface area contributed by atoms with Crippen LogP contribution in [0.5, 0.6) is 0 Å². The Hall–Kier alpha value is -2.31. The van der Waals surface area contributed by atoms with Crippen LogP contribution in [0.15, 0.2) is 12.3 Å². The number of rotatable bonds is 5. The first-order valence-corrected chi connectivity index (χ1v) is 8.77. The summed E-state index contributed by atoms with van der Waals surface area (Å²) in [6.07, 6.45) is 5.27. The summed E-state index contributed by atoms with van der Waals surface area (Å²) in [5, 5.41) is 11.7. The molecule has 0 aromatic carbocycles. The minimum absolute atomic E-state index is 0.150. The molecule has 2 rings (SSSR count). The lowest BCUT2D eigenvalue weighted by Gasteiger charge is -2.35. The van der Waals surface area contributed by atoms with Crippen LogP contribution in [0.25, 0.3) is 0 Å². The summed E-state index contributed by atoms with van der Waals surface area (Å²) in [7, 11) is 1.58. The zero-order valence-electron chi connectivity index (χ0n) is 15.5. The van der Waals surface area contributed by atoms with E-state index in [0.29, 0.717) is 11.7 Å². The lowest BCUT2D eigenvalue weighted by molar-refractivity contribution is -0.141. The largest absolute Gasteiger partial charge is 0.481 e. The number of nitrogens with one attached hydrogen (secondary N) is 1. The second-order valence-corrected chi connectivity index (χ2v) is 6.95. The highest BCUT2D eigenvalue weighted by Crippen LogP contribution is 2.27. The second-order valence-electron chi connectivity index (χ2n) is 6.95. The van der Waals surface area contributed by atoms with E-state index in [0.717, 1.165) is 17.9 Å². The molecule has 2 atom stereocenters. The Bertz CT molecular complexity index is 635. The minimum atomic E-state index is -0.919. The van der Waals surface area contributed by atoms with E-state index in [-0.39, 0.29) is 12.6 Å². The molecule has 138 valence electrons. The van der Waals surface area contributed by atoms with Gasteiger partial charge in [-0.15, -0.1) is 0 Å². The third-order valence-electron chi connectivity index (χ3n) is 4.69. The Labute approximate surface area is 149 Å². The van der Waals surface area contributed by atoms with E-state index in [4.69, 9.17) is 5.11 Å². The molecule has 0 radical (unpaired) electrons. The van der Waals surface area contributed by atoms with Gasteiger partial charge in [0.15, 0.2) is 0 Å². The molecule has 0 saturated carbocycles. The molecule has 1 aromatic heterocycles. The fourth-order valence-electron chi connectivity index (χ4n) is 3.14. The van der Waals surface area contributed by atoms with Gasteiger partial charge in [0.25, 0.3) is 0 Å². The third kappa shape index (κ3) is 4.84. The van der Waals surface area contributed by atoms with Crippen LogP contribution in [0, 0.1) is 12.8 Å². The van der Waals surface area contributed by atoms with Gasteiger partial charge in [0.2, 0.25) is 0 Å². The highest BCUT2D eigenvalue weighted by molar-refractivity contribution is 5.89. The summed E-state index contributed by atoms with van der Waals surface area (Å²) < 4.78 is 0. The van der Waals surface area contributed by atoms with Gasteiger partial charge in [-0.1, -0.05) is 6.92 Å². The molecular formula is C18H28N4O3. The Morgan fingerprint density at radius 3 is 2.80 bits per heavy atom. The zero-order valence-corrected chi connectivity index (χ0v) is 15.5. The van der Waals surface area contributed by atoms with Gasteiger partial charge in [0.05, 0.1) is 17.8 Å². The number of pyridine rings is 1. The summed E-state index contributed by atoms with van der Waals surface area (Å²) in [6, 6.07) is 2.05. The number of hydrogen-bond donors (Lipinski definition) is 2. The van der Waals surface area contributed by atoms with Crippen molar-refractivity contribution in [2.45, 2.75) is 46.1 Å². The Kier molecular flexibility index (Phi) is 6.22. The van der Waals surface area contributed by atoms with Crippen molar-refractivity contribution in [2.75, 3.05) is 30.4 Å². The zero-order chi connectivity index (χ0) is 18.6. The number of carboxylic acids is 1. The molecule has 1 aliphatic heterocycles. The number of carbonyl (C=O) groups excluding carboxylic acids is 1. The van der Waals surface area contributed by atoms with Crippen molar-refractivity contribution in [2.24, 2.45) is 5.92 Å². The number of anilines is 2. The number of amides is 2. The van der Waals surface area contributed by atoms with Crippen LogP contribution >= 0.6 is 0 Å². The van der Waals surface area contributed by atoms with Gasteiger partial charge in [-0.3, -0.25) is 4.79 Å². The van der Waals surface area contributed by atoms with Crippen LogP contribution < -0.4 is 10.2 Å². The number of aromatic nitrogens is 1. The van der Waals surface area contributed by atoms with E-state index in [1.807, 2.05) is 13.0 Å². The van der Waals surface area contributed by atoms with E-state index in [2.05, 4.69) is 22.1 Å². The number of carboxylic acid groups (broad SMARTS) is 1. The lowest BCUT2D eigenvalue weighted by Crippen LogP contribution is -2.38. The molecule has 1 saturated heterocycles. The summed E-state index contributed by atoms with van der Waals surface area (Å²) >= 11 is 0. The fraction of sp³-hybridized carbons (Fsp3) is 0.611. The van der Waals surface area contributed by atoms with E-state index in [9.17, 15) is 9.59 Å². The highest BCUT2D eigenvalue weighted by atomic mass is 16.4. The van der Waals surface area contributed by atoms with Crippen molar-refractivity contribution in [1.82, 2.24) is 9.88 Å². The standard InChI is InChI=1S/C18H28N4O3/c1-12-9-15(20-18(25)21(4)11-13(2)17(23)24)10-19-16(12)22-8-6-5-7-14(22)3/h9-10,13-14H,5-8,11H2,1-4H3,(H,20,25)(H,23,24). The van der Waals surface area contributed by atoms with E-state index >= 15 is 0 Å². The topological polar surface area (TPSA) is 85.8 Å². The summed E-state index contributed by atoms with van der Waals surface area (Å²) in [6.45, 7) is 6.95. The summed E-state index contributed by atoms with van der Waals surface area (Å²) in [4.78, 5) is 31.4. The predicted molar refractivity (Wildman–Crippen MR) is 98.1 cm³/mol. The van der Waals surface area contributed by atoms with Crippen LogP contribution in [0.2, 0.25) is 0 Å². The molecule has 25 heavy (non-hydrogen) atoms. The maximum Gasteiger partial charge on any atom is 0.321 e. The fourth-order valence-corrected chi connectivity index (χ4v) is 3.14. The predicted octanol–water partition coefficient (Wildman–Crippen LogP) is 2.95. The number of urea groups is 1. The molecule has 0 aliphatic carbocycles. The third-order valence-corrected chi connectivity index (χ3v) is 4.69. The quantitative estimate of drug-likeness (QED) is 0.854. The van der Waals surface area contributed by atoms with Gasteiger partial charge < -0.3 is 20.2 Å². The molecule has 1 fully saturated rings. The minimum Gasteiger partial charge on any atom is -0.481 e. The molecule has 0 bridgehead atoms. The van der Waals surface area contributed by atoms with E-state index < -0.39 is 11.9 Å². The number of hydrogen-bond acceptors (Lipinski definition) is 4. The maximum atomic E-state index is 12.2. The summed E-state index contributed by atoms with van der Waals surface area (Å²) in [5.74, 6) is -0.561. The van der Waals surface area contributed by atoms with Crippen molar-refractivity contribution >= 4 is 23.5 Å². The highest BCUT2D eigenvalue weighted by Gasteiger charge is 2.22. The smallest absolute Gasteiger partial charge is 0.321 e. The molecule has 7 heteroatoms. The molecule has 2 unspecified atom stereocenters. The normalized spacial score (nSPS) is 18.6. The number of piperidine rings is 1. The number of aliphatic carboxylic acids is 1. The van der Waals surface area contributed by atoms with Crippen LogP contribution in [0.4, 0.5) is 16.3 Å². The Balaban J connectivity index is 2.02. The van der Waals surface area contributed by atoms with Crippen molar-refractivity contribution in [1.29, 1.82) is 0 Å². The summed E-state index contributed by atoms with van der Waals surface area (Å²) in [5.41, 5.74) is 1.64. The van der Waals surface area contributed by atoms with Crippen molar-refractivity contribution in [3.8, 4) is 0 Å². The molecule has 0 spiro atoms.